The summed E-state index contributed by atoms with van der Waals surface area (Å²) in [6, 6.07) is 0. The van der Waals surface area contributed by atoms with E-state index < -0.39 is 17.5 Å². The van der Waals surface area contributed by atoms with E-state index in [4.69, 9.17) is 7.85 Å². The van der Waals surface area contributed by atoms with E-state index in [1.54, 1.807) is 0 Å². The van der Waals surface area contributed by atoms with Crippen LogP contribution < -0.4 is 0 Å². The average molecular weight is 121 g/mol. The maximum Gasteiger partial charge on any atom is 0.229 e. The minimum absolute atomic E-state index is 0.0357. The number of hydrogen-bond acceptors (Lipinski definition) is 3. The SMILES string of the molecule is [2H]C([2H])(C(O)CC)[N+](=O)[O-]. The molecule has 0 aliphatic heterocycles. The van der Waals surface area contributed by atoms with Gasteiger partial charge in [-0.25, -0.2) is 0 Å². The van der Waals surface area contributed by atoms with Crippen LogP contribution in [-0.2, 0) is 0 Å². The molecule has 0 fully saturated rings. The molecular formula is C4H9NO3. The molecular weight excluding hydrogens is 110 g/mol. The van der Waals surface area contributed by atoms with Crippen LogP contribution in [0.5, 0.6) is 0 Å². The van der Waals surface area contributed by atoms with Gasteiger partial charge in [-0.3, -0.25) is 10.1 Å². The van der Waals surface area contributed by atoms with Crippen LogP contribution in [0.4, 0.5) is 0 Å². The molecule has 0 heterocycles. The van der Waals surface area contributed by atoms with Gasteiger partial charge in [-0.15, -0.1) is 0 Å². The smallest absolute Gasteiger partial charge is 0.229 e. The highest BCUT2D eigenvalue weighted by atomic mass is 16.6. The molecule has 4 nitrogen and oxygen atoms in total. The van der Waals surface area contributed by atoms with Crippen molar-refractivity contribution in [2.45, 2.75) is 19.4 Å². The van der Waals surface area contributed by atoms with Gasteiger partial charge in [0.1, 0.15) is 8.85 Å². The first-order chi connectivity index (χ1) is 4.42. The first-order valence-corrected chi connectivity index (χ1v) is 2.25. The molecule has 0 aliphatic carbocycles. The number of hydrogen-bond donors (Lipinski definition) is 1. The third kappa shape index (κ3) is 3.55. The summed E-state index contributed by atoms with van der Waals surface area (Å²) in [6.45, 7) is -1.24. The summed E-state index contributed by atoms with van der Waals surface area (Å²) in [6.07, 6.45) is -1.49. The van der Waals surface area contributed by atoms with E-state index in [0.717, 1.165) is 0 Å². The molecule has 0 saturated heterocycles. The van der Waals surface area contributed by atoms with Crippen LogP contribution in [-0.4, -0.2) is 22.6 Å². The first-order valence-electron chi connectivity index (χ1n) is 3.25. The van der Waals surface area contributed by atoms with Crippen LogP contribution in [0.3, 0.4) is 0 Å². The van der Waals surface area contributed by atoms with Crippen LogP contribution in [0.1, 0.15) is 16.1 Å². The van der Waals surface area contributed by atoms with E-state index in [2.05, 4.69) is 0 Å². The molecule has 1 unspecified atom stereocenters. The molecule has 48 valence electrons. The lowest BCUT2D eigenvalue weighted by molar-refractivity contribution is -0.490. The molecule has 0 rings (SSSR count). The number of nitrogens with zero attached hydrogens (tertiary/aromatic N) is 1. The van der Waals surface area contributed by atoms with E-state index in [1.807, 2.05) is 0 Å². The van der Waals surface area contributed by atoms with Gasteiger partial charge in [0.15, 0.2) is 0 Å². The van der Waals surface area contributed by atoms with Crippen LogP contribution in [0.15, 0.2) is 0 Å². The van der Waals surface area contributed by atoms with Gasteiger partial charge in [0.05, 0.1) is 0 Å². The summed E-state index contributed by atoms with van der Waals surface area (Å²) in [5, 5.41) is 18.6. The molecule has 0 radical (unpaired) electrons. The second-order valence-electron chi connectivity index (χ2n) is 1.31. The Morgan fingerprint density at radius 2 is 2.62 bits per heavy atom. The van der Waals surface area contributed by atoms with Crippen molar-refractivity contribution in [1.82, 2.24) is 0 Å². The summed E-state index contributed by atoms with van der Waals surface area (Å²) in [7, 11) is 0. The third-order valence-corrected chi connectivity index (χ3v) is 0.641. The first kappa shape index (κ1) is 4.26. The van der Waals surface area contributed by atoms with Crippen molar-refractivity contribution in [2.75, 3.05) is 6.50 Å². The summed E-state index contributed by atoms with van der Waals surface area (Å²) < 4.78 is 13.4. The molecule has 0 aliphatic rings. The van der Waals surface area contributed by atoms with Gasteiger partial charge < -0.3 is 5.11 Å². The standard InChI is InChI=1S/C4H9NO3/c1-2-4(6)3-5(7)8/h4,6H,2-3H2,1H3/i3D2. The van der Waals surface area contributed by atoms with Gasteiger partial charge in [-0.1, -0.05) is 6.92 Å². The number of aliphatic hydroxyl groups excluding tert-OH is 1. The molecule has 0 aromatic rings. The molecule has 0 bridgehead atoms. The van der Waals surface area contributed by atoms with Gasteiger partial charge in [-0.05, 0) is 6.42 Å². The second kappa shape index (κ2) is 3.37. The Kier molecular flexibility index (Phi) is 1.80. The molecule has 8 heavy (non-hydrogen) atoms. The average Bonchev–Trinajstić information content (AvgIpc) is 1.86. The lowest BCUT2D eigenvalue weighted by Gasteiger charge is -1.97. The quantitative estimate of drug-likeness (QED) is 0.423. The predicted molar refractivity (Wildman–Crippen MR) is 28.2 cm³/mol. The molecule has 4 heteroatoms. The molecule has 0 amide bonds. The van der Waals surface area contributed by atoms with Crippen molar-refractivity contribution in [3.05, 3.63) is 10.1 Å². The van der Waals surface area contributed by atoms with Crippen molar-refractivity contribution in [3.8, 4) is 0 Å². The predicted octanol–water partition coefficient (Wildman–Crippen LogP) is 0.0340. The Hall–Kier alpha value is -0.640. The van der Waals surface area contributed by atoms with E-state index in [-0.39, 0.29) is 6.42 Å². The Morgan fingerprint density at radius 3 is 2.75 bits per heavy atom. The fraction of sp³-hybridized carbons (Fsp3) is 1.00. The lowest BCUT2D eigenvalue weighted by Crippen LogP contribution is -2.17. The summed E-state index contributed by atoms with van der Waals surface area (Å²) in [4.78, 5) is 8.77. The number of nitro groups is 1. The Bertz CT molecular complexity index is 138. The van der Waals surface area contributed by atoms with Gasteiger partial charge in [-0.2, -0.15) is 0 Å². The Morgan fingerprint density at radius 1 is 2.12 bits per heavy atom. The fourth-order valence-corrected chi connectivity index (χ4v) is 0.213. The topological polar surface area (TPSA) is 63.4 Å². The summed E-state index contributed by atoms with van der Waals surface area (Å²) >= 11 is 0. The Balaban J connectivity index is 4.23. The Labute approximate surface area is 50.1 Å². The molecule has 0 spiro atoms. The zero-order valence-electron chi connectivity index (χ0n) is 6.50. The highest BCUT2D eigenvalue weighted by molar-refractivity contribution is 4.45. The van der Waals surface area contributed by atoms with Crippen molar-refractivity contribution in [3.63, 3.8) is 0 Å². The second-order valence-corrected chi connectivity index (χ2v) is 1.31. The van der Waals surface area contributed by atoms with Crippen LogP contribution in [0.25, 0.3) is 0 Å². The van der Waals surface area contributed by atoms with Crippen LogP contribution >= 0.6 is 0 Å². The van der Waals surface area contributed by atoms with Gasteiger partial charge >= 0.3 is 0 Å². The zero-order chi connectivity index (χ0) is 8.36. The molecule has 1 atom stereocenters. The van der Waals surface area contributed by atoms with Crippen molar-refractivity contribution in [2.24, 2.45) is 0 Å². The number of rotatable bonds is 3. The molecule has 0 aromatic heterocycles. The van der Waals surface area contributed by atoms with Crippen LogP contribution in [0, 0.1) is 10.1 Å². The minimum Gasteiger partial charge on any atom is -0.386 e. The molecule has 0 aromatic carbocycles. The highest BCUT2D eigenvalue weighted by Gasteiger charge is 2.06. The van der Waals surface area contributed by atoms with E-state index in [1.165, 1.54) is 6.92 Å². The third-order valence-electron chi connectivity index (χ3n) is 0.641. The summed E-state index contributed by atoms with van der Waals surface area (Å²) in [5.74, 6) is 0. The normalized spacial score (nSPS) is 18.8. The van der Waals surface area contributed by atoms with E-state index in [0.29, 0.717) is 0 Å². The van der Waals surface area contributed by atoms with E-state index in [9.17, 15) is 10.1 Å². The van der Waals surface area contributed by atoms with Gasteiger partial charge in [0.25, 0.3) is 0 Å². The number of aliphatic hydroxyl groups is 1. The van der Waals surface area contributed by atoms with Crippen molar-refractivity contribution >= 4 is 0 Å². The van der Waals surface area contributed by atoms with Crippen LogP contribution in [0.2, 0.25) is 0 Å². The van der Waals surface area contributed by atoms with E-state index >= 15 is 0 Å². The largest absolute Gasteiger partial charge is 0.386 e. The summed E-state index contributed by atoms with van der Waals surface area (Å²) in [5.41, 5.74) is 0. The zero-order valence-corrected chi connectivity index (χ0v) is 4.50. The van der Waals surface area contributed by atoms with Gasteiger partial charge in [0, 0.05) is 4.92 Å². The lowest BCUT2D eigenvalue weighted by atomic mass is 10.3. The monoisotopic (exact) mass is 121 g/mol. The maximum absolute atomic E-state index is 9.89. The fourth-order valence-electron chi connectivity index (χ4n) is 0.213. The van der Waals surface area contributed by atoms with Crippen molar-refractivity contribution < 1.29 is 12.8 Å². The maximum atomic E-state index is 9.89. The van der Waals surface area contributed by atoms with Crippen molar-refractivity contribution in [1.29, 1.82) is 0 Å². The highest BCUT2D eigenvalue weighted by Crippen LogP contribution is 1.87. The minimum atomic E-state index is -2.71. The van der Waals surface area contributed by atoms with Gasteiger partial charge in [0.2, 0.25) is 6.50 Å². The molecule has 1 N–H and O–H groups in total. The molecule has 0 saturated carbocycles.